The van der Waals surface area contributed by atoms with Crippen LogP contribution in [0.3, 0.4) is 0 Å². The molecule has 0 aliphatic heterocycles. The van der Waals surface area contributed by atoms with Gasteiger partial charge in [-0.3, -0.25) is 14.4 Å². The number of aromatic carboxylic acids is 1. The van der Waals surface area contributed by atoms with Crippen molar-refractivity contribution >= 4 is 33.7 Å². The average Bonchev–Trinajstić information content (AvgIpc) is 2.71. The van der Waals surface area contributed by atoms with Gasteiger partial charge in [0.1, 0.15) is 11.3 Å². The van der Waals surface area contributed by atoms with E-state index in [0.717, 1.165) is 25.1 Å². The highest BCUT2D eigenvalue weighted by atomic mass is 32.2. The number of carbonyl (C=O) groups is 4. The number of ketones is 1. The van der Waals surface area contributed by atoms with Crippen LogP contribution in [0.15, 0.2) is 47.4 Å². The summed E-state index contributed by atoms with van der Waals surface area (Å²) in [5, 5.41) is 29.7. The molecule has 32 heavy (non-hydrogen) atoms. The number of carboxylic acid groups (broad SMARTS) is 2. The van der Waals surface area contributed by atoms with Gasteiger partial charge in [-0.15, -0.1) is 0 Å². The molecule has 0 aliphatic carbocycles. The second-order valence-electron chi connectivity index (χ2n) is 6.74. The third-order valence-electron chi connectivity index (χ3n) is 4.34. The van der Waals surface area contributed by atoms with E-state index in [2.05, 4.69) is 10.0 Å². The van der Waals surface area contributed by atoms with Crippen molar-refractivity contribution in [2.24, 2.45) is 0 Å². The van der Waals surface area contributed by atoms with E-state index < -0.39 is 57.4 Å². The van der Waals surface area contributed by atoms with Crippen LogP contribution in [0.2, 0.25) is 0 Å². The Kier molecular flexibility index (Phi) is 7.67. The highest BCUT2D eigenvalue weighted by Gasteiger charge is 2.22. The van der Waals surface area contributed by atoms with Crippen molar-refractivity contribution in [3.05, 3.63) is 59.2 Å². The average molecular weight is 464 g/mol. The summed E-state index contributed by atoms with van der Waals surface area (Å²) in [6.45, 7) is 0.899. The number of benzene rings is 2. The first-order valence-electron chi connectivity index (χ1n) is 9.08. The van der Waals surface area contributed by atoms with Crippen LogP contribution in [0, 0.1) is 0 Å². The van der Waals surface area contributed by atoms with Gasteiger partial charge in [0.25, 0.3) is 5.91 Å². The highest BCUT2D eigenvalue weighted by Crippen LogP contribution is 2.21. The Morgan fingerprint density at radius 3 is 2.31 bits per heavy atom. The number of aromatic hydroxyl groups is 1. The zero-order valence-electron chi connectivity index (χ0n) is 16.7. The zero-order valence-corrected chi connectivity index (χ0v) is 17.5. The zero-order chi connectivity index (χ0) is 24.1. The van der Waals surface area contributed by atoms with E-state index in [0.29, 0.717) is 5.56 Å². The smallest absolute Gasteiger partial charge is 0.339 e. The van der Waals surface area contributed by atoms with Crippen LogP contribution < -0.4 is 10.0 Å². The van der Waals surface area contributed by atoms with Crippen LogP contribution in [0.4, 0.5) is 0 Å². The minimum atomic E-state index is -4.14. The summed E-state index contributed by atoms with van der Waals surface area (Å²) in [6, 6.07) is 7.36. The van der Waals surface area contributed by atoms with E-state index in [-0.39, 0.29) is 17.0 Å². The number of carbonyl (C=O) groups excluding carboxylic acids is 2. The topological polar surface area (TPSA) is 187 Å². The van der Waals surface area contributed by atoms with Crippen molar-refractivity contribution in [2.75, 3.05) is 0 Å². The third kappa shape index (κ3) is 6.36. The van der Waals surface area contributed by atoms with E-state index >= 15 is 0 Å². The Bertz CT molecular complexity index is 1180. The number of amides is 1. The lowest BCUT2D eigenvalue weighted by Gasteiger charge is -2.14. The molecule has 5 N–H and O–H groups in total. The fourth-order valence-electron chi connectivity index (χ4n) is 2.65. The van der Waals surface area contributed by atoms with Crippen molar-refractivity contribution in [1.82, 2.24) is 10.0 Å². The maximum Gasteiger partial charge on any atom is 0.339 e. The third-order valence-corrected chi connectivity index (χ3v) is 5.74. The maximum absolute atomic E-state index is 12.5. The Morgan fingerprint density at radius 2 is 1.72 bits per heavy atom. The molecule has 2 aromatic carbocycles. The van der Waals surface area contributed by atoms with Crippen LogP contribution >= 0.6 is 0 Å². The van der Waals surface area contributed by atoms with E-state index in [4.69, 9.17) is 10.2 Å². The number of nitrogens with one attached hydrogen (secondary N) is 2. The Labute approximate surface area is 182 Å². The van der Waals surface area contributed by atoms with Crippen molar-refractivity contribution < 1.29 is 42.9 Å². The summed E-state index contributed by atoms with van der Waals surface area (Å²) >= 11 is 0. The Morgan fingerprint density at radius 1 is 1.03 bits per heavy atom. The van der Waals surface area contributed by atoms with Gasteiger partial charge in [0.2, 0.25) is 10.0 Å². The molecule has 1 amide bonds. The van der Waals surface area contributed by atoms with Gasteiger partial charge in [-0.25, -0.2) is 17.9 Å². The number of phenols is 1. The number of hydrogen-bond acceptors (Lipinski definition) is 7. The van der Waals surface area contributed by atoms with Gasteiger partial charge in [0.15, 0.2) is 5.78 Å². The molecule has 2 rings (SSSR count). The van der Waals surface area contributed by atoms with Crippen molar-refractivity contribution in [2.45, 2.75) is 30.8 Å². The van der Waals surface area contributed by atoms with Gasteiger partial charge in [-0.2, -0.15) is 0 Å². The van der Waals surface area contributed by atoms with E-state index in [1.54, 1.807) is 0 Å². The molecule has 2 aromatic rings. The molecule has 0 radical (unpaired) electrons. The molecule has 0 spiro atoms. The van der Waals surface area contributed by atoms with E-state index in [1.807, 2.05) is 0 Å². The molecule has 0 heterocycles. The molecule has 0 aromatic heterocycles. The second kappa shape index (κ2) is 10.0. The molecular weight excluding hydrogens is 444 g/mol. The van der Waals surface area contributed by atoms with Gasteiger partial charge in [-0.1, -0.05) is 12.1 Å². The summed E-state index contributed by atoms with van der Waals surface area (Å²) in [4.78, 5) is 45.5. The lowest BCUT2D eigenvalue weighted by molar-refractivity contribution is -0.139. The van der Waals surface area contributed by atoms with Crippen molar-refractivity contribution in [3.8, 4) is 5.75 Å². The molecule has 0 bridgehead atoms. The standard InChI is InChI=1S/C20H20N2O9S/c1-11(23)16(9-18(25)26)22-19(27)13-4-2-3-12(7-13)10-21-32(30,31)14-5-6-17(24)15(8-14)20(28)29/h2-8,16,21,24H,9-10H2,1H3,(H,22,27)(H,25,26)(H,28,29)/t16-/m0/s1. The predicted octanol–water partition coefficient (Wildman–Crippen LogP) is 0.731. The highest BCUT2D eigenvalue weighted by molar-refractivity contribution is 7.89. The van der Waals surface area contributed by atoms with Crippen LogP contribution in [0.1, 0.15) is 39.6 Å². The number of rotatable bonds is 10. The quantitative estimate of drug-likeness (QED) is 0.338. The maximum atomic E-state index is 12.5. The molecule has 0 fully saturated rings. The fourth-order valence-corrected chi connectivity index (χ4v) is 3.69. The molecule has 1 atom stereocenters. The first kappa shape index (κ1) is 24.5. The molecule has 0 unspecified atom stereocenters. The normalized spacial score (nSPS) is 12.0. The minimum absolute atomic E-state index is 0.0798. The SMILES string of the molecule is CC(=O)[C@H](CC(=O)O)NC(=O)c1cccc(CNS(=O)(=O)c2ccc(O)c(C(=O)O)c2)c1. The number of aliphatic carboxylic acids is 1. The predicted molar refractivity (Wildman–Crippen MR) is 110 cm³/mol. The summed E-state index contributed by atoms with van der Waals surface area (Å²) < 4.78 is 27.2. The minimum Gasteiger partial charge on any atom is -0.507 e. The molecule has 0 saturated heterocycles. The van der Waals surface area contributed by atoms with Gasteiger partial charge < -0.3 is 20.6 Å². The number of hydrogen-bond donors (Lipinski definition) is 5. The number of Topliss-reactive ketones (excluding diaryl/α,β-unsaturated/α-hetero) is 1. The van der Waals surface area contributed by atoms with Crippen LogP contribution in [0.25, 0.3) is 0 Å². The lowest BCUT2D eigenvalue weighted by Crippen LogP contribution is -2.41. The van der Waals surface area contributed by atoms with Crippen molar-refractivity contribution in [3.63, 3.8) is 0 Å². The Balaban J connectivity index is 2.15. The van der Waals surface area contributed by atoms with Crippen LogP contribution in [-0.2, 0) is 26.2 Å². The molecule has 0 saturated carbocycles. The molecule has 170 valence electrons. The number of sulfonamides is 1. The van der Waals surface area contributed by atoms with Crippen molar-refractivity contribution in [1.29, 1.82) is 0 Å². The monoisotopic (exact) mass is 464 g/mol. The molecule has 0 aliphatic rings. The first-order valence-corrected chi connectivity index (χ1v) is 10.6. The van der Waals surface area contributed by atoms with E-state index in [1.165, 1.54) is 24.3 Å². The van der Waals surface area contributed by atoms with Gasteiger partial charge >= 0.3 is 11.9 Å². The second-order valence-corrected chi connectivity index (χ2v) is 8.51. The summed E-state index contributed by atoms with van der Waals surface area (Å²) in [7, 11) is -4.14. The summed E-state index contributed by atoms with van der Waals surface area (Å²) in [5.74, 6) is -4.57. The van der Waals surface area contributed by atoms with Gasteiger partial charge in [0, 0.05) is 12.1 Å². The largest absolute Gasteiger partial charge is 0.507 e. The van der Waals surface area contributed by atoms with Crippen LogP contribution in [0.5, 0.6) is 5.75 Å². The van der Waals surface area contributed by atoms with E-state index in [9.17, 15) is 32.7 Å². The molecule has 11 nitrogen and oxygen atoms in total. The molecule has 12 heteroatoms. The summed E-state index contributed by atoms with van der Waals surface area (Å²) in [5.41, 5.74) is -0.125. The first-order chi connectivity index (χ1) is 14.9. The van der Waals surface area contributed by atoms with Gasteiger partial charge in [0.05, 0.1) is 17.4 Å². The lowest BCUT2D eigenvalue weighted by atomic mass is 10.1. The fraction of sp³-hybridized carbons (Fsp3) is 0.200. The van der Waals surface area contributed by atoms with Crippen LogP contribution in [-0.4, -0.2) is 53.4 Å². The van der Waals surface area contributed by atoms with Gasteiger partial charge in [-0.05, 0) is 42.8 Å². The Hall–Kier alpha value is -3.77. The number of carboxylic acids is 2. The summed E-state index contributed by atoms with van der Waals surface area (Å²) in [6.07, 6.45) is -0.578. The molecular formula is C20H20N2O9S.